The first-order valence-electron chi connectivity index (χ1n) is 6.51. The molecule has 1 heterocycles. The molecular formula is C14H17N3O3. The van der Waals surface area contributed by atoms with Crippen LogP contribution in [0.25, 0.3) is 5.69 Å². The Morgan fingerprint density at radius 2 is 2.00 bits per heavy atom. The van der Waals surface area contributed by atoms with Gasteiger partial charge in [0.25, 0.3) is 0 Å². The molecule has 0 aliphatic heterocycles. The Hall–Kier alpha value is -2.37. The maximum Gasteiger partial charge on any atom is 0.344 e. The number of esters is 1. The molecule has 0 fully saturated rings. The molecule has 0 amide bonds. The summed E-state index contributed by atoms with van der Waals surface area (Å²) in [6.45, 7) is 4.06. The zero-order chi connectivity index (χ0) is 14.4. The average molecular weight is 275 g/mol. The average Bonchev–Trinajstić information content (AvgIpc) is 2.99. The Labute approximate surface area is 117 Å². The zero-order valence-electron chi connectivity index (χ0n) is 11.6. The summed E-state index contributed by atoms with van der Waals surface area (Å²) in [5.74, 6) is 0.205. The summed E-state index contributed by atoms with van der Waals surface area (Å²) in [5.41, 5.74) is 1.97. The molecule has 0 N–H and O–H groups in total. The molecule has 6 heteroatoms. The highest BCUT2D eigenvalue weighted by atomic mass is 16.6. The van der Waals surface area contributed by atoms with Crippen LogP contribution in [-0.4, -0.2) is 33.9 Å². The Morgan fingerprint density at radius 1 is 1.25 bits per heavy atom. The van der Waals surface area contributed by atoms with Gasteiger partial charge in [-0.3, -0.25) is 4.57 Å². The fourth-order valence-electron chi connectivity index (χ4n) is 1.77. The van der Waals surface area contributed by atoms with E-state index in [1.165, 1.54) is 0 Å². The molecular weight excluding hydrogens is 258 g/mol. The number of nitrogens with zero attached hydrogens (tertiary/aromatic N) is 3. The Balaban J connectivity index is 2.21. The van der Waals surface area contributed by atoms with Gasteiger partial charge in [0.15, 0.2) is 6.61 Å². The van der Waals surface area contributed by atoms with Gasteiger partial charge in [-0.15, -0.1) is 10.2 Å². The highest BCUT2D eigenvalue weighted by Gasteiger charge is 2.10. The molecule has 1 aromatic heterocycles. The fraction of sp³-hybridized carbons (Fsp3) is 0.357. The number of aryl methyl sites for hydroxylation is 1. The van der Waals surface area contributed by atoms with Gasteiger partial charge in [0.2, 0.25) is 0 Å². The van der Waals surface area contributed by atoms with Crippen LogP contribution in [0.2, 0.25) is 0 Å². The Kier molecular flexibility index (Phi) is 4.70. The van der Waals surface area contributed by atoms with Crippen LogP contribution in [-0.2, 0) is 16.0 Å². The van der Waals surface area contributed by atoms with Gasteiger partial charge in [-0.1, -0.05) is 13.0 Å². The Bertz CT molecular complexity index is 567. The van der Waals surface area contributed by atoms with Crippen LogP contribution in [0.5, 0.6) is 5.75 Å². The molecule has 2 rings (SSSR count). The number of aromatic nitrogens is 3. The molecule has 2 aromatic rings. The van der Waals surface area contributed by atoms with Gasteiger partial charge < -0.3 is 9.47 Å². The van der Waals surface area contributed by atoms with Crippen molar-refractivity contribution in [1.82, 2.24) is 14.8 Å². The maximum atomic E-state index is 11.4. The second kappa shape index (κ2) is 6.70. The number of ether oxygens (including phenoxy) is 2. The lowest BCUT2D eigenvalue weighted by molar-refractivity contribution is -0.145. The standard InChI is InChI=1S/C14H17N3O3/c1-3-11-5-6-13(20-8-14(18)19-4-2)12(7-11)17-9-15-16-10-17/h5-7,9-10H,3-4,8H2,1-2H3. The molecule has 0 aliphatic rings. The van der Waals surface area contributed by atoms with E-state index in [1.807, 2.05) is 18.2 Å². The Morgan fingerprint density at radius 3 is 2.65 bits per heavy atom. The largest absolute Gasteiger partial charge is 0.480 e. The lowest BCUT2D eigenvalue weighted by Crippen LogP contribution is -2.15. The first-order chi connectivity index (χ1) is 9.74. The molecule has 0 bridgehead atoms. The minimum Gasteiger partial charge on any atom is -0.480 e. The van der Waals surface area contributed by atoms with E-state index < -0.39 is 0 Å². The van der Waals surface area contributed by atoms with E-state index in [-0.39, 0.29) is 12.6 Å². The van der Waals surface area contributed by atoms with Gasteiger partial charge >= 0.3 is 5.97 Å². The topological polar surface area (TPSA) is 66.2 Å². The molecule has 106 valence electrons. The van der Waals surface area contributed by atoms with Crippen molar-refractivity contribution in [3.63, 3.8) is 0 Å². The fourth-order valence-corrected chi connectivity index (χ4v) is 1.77. The number of carbonyl (C=O) groups excluding carboxylic acids is 1. The molecule has 0 atom stereocenters. The van der Waals surface area contributed by atoms with Crippen LogP contribution in [0.4, 0.5) is 0 Å². The van der Waals surface area contributed by atoms with E-state index in [0.717, 1.165) is 17.7 Å². The minimum atomic E-state index is -0.387. The zero-order valence-corrected chi connectivity index (χ0v) is 11.6. The van der Waals surface area contributed by atoms with Crippen LogP contribution < -0.4 is 4.74 Å². The highest BCUT2D eigenvalue weighted by molar-refractivity contribution is 5.71. The van der Waals surface area contributed by atoms with Crippen LogP contribution >= 0.6 is 0 Å². The monoisotopic (exact) mass is 275 g/mol. The summed E-state index contributed by atoms with van der Waals surface area (Å²) in [6, 6.07) is 5.80. The number of carbonyl (C=O) groups is 1. The van der Waals surface area contributed by atoms with Gasteiger partial charge in [-0.2, -0.15) is 0 Å². The number of rotatable bonds is 6. The summed E-state index contributed by atoms with van der Waals surface area (Å²) in [6.07, 6.45) is 4.09. The lowest BCUT2D eigenvalue weighted by Gasteiger charge is -2.12. The maximum absolute atomic E-state index is 11.4. The SMILES string of the molecule is CCOC(=O)COc1ccc(CC)cc1-n1cnnc1. The molecule has 0 unspecified atom stereocenters. The van der Waals surface area contributed by atoms with Crippen LogP contribution in [0.3, 0.4) is 0 Å². The van der Waals surface area contributed by atoms with Crippen molar-refractivity contribution in [1.29, 1.82) is 0 Å². The van der Waals surface area contributed by atoms with Crippen molar-refractivity contribution < 1.29 is 14.3 Å². The smallest absolute Gasteiger partial charge is 0.344 e. The quantitative estimate of drug-likeness (QED) is 0.752. The summed E-state index contributed by atoms with van der Waals surface area (Å²) in [4.78, 5) is 11.4. The van der Waals surface area contributed by atoms with E-state index in [2.05, 4.69) is 17.1 Å². The number of hydrogen-bond acceptors (Lipinski definition) is 5. The van der Waals surface area contributed by atoms with Crippen molar-refractivity contribution in [2.75, 3.05) is 13.2 Å². The molecule has 0 aliphatic carbocycles. The van der Waals surface area contributed by atoms with Crippen molar-refractivity contribution in [2.45, 2.75) is 20.3 Å². The number of benzene rings is 1. The highest BCUT2D eigenvalue weighted by Crippen LogP contribution is 2.24. The van der Waals surface area contributed by atoms with Crippen molar-refractivity contribution in [2.24, 2.45) is 0 Å². The summed E-state index contributed by atoms with van der Waals surface area (Å²) in [5, 5.41) is 7.57. The molecule has 0 spiro atoms. The van der Waals surface area contributed by atoms with Crippen molar-refractivity contribution >= 4 is 5.97 Å². The van der Waals surface area contributed by atoms with Crippen molar-refractivity contribution in [3.05, 3.63) is 36.4 Å². The third-order valence-electron chi connectivity index (χ3n) is 2.78. The first kappa shape index (κ1) is 14.0. The molecule has 6 nitrogen and oxygen atoms in total. The van der Waals surface area contributed by atoms with E-state index in [0.29, 0.717) is 12.4 Å². The first-order valence-corrected chi connectivity index (χ1v) is 6.51. The normalized spacial score (nSPS) is 10.3. The van der Waals surface area contributed by atoms with E-state index in [4.69, 9.17) is 9.47 Å². The van der Waals surface area contributed by atoms with E-state index >= 15 is 0 Å². The summed E-state index contributed by atoms with van der Waals surface area (Å²) in [7, 11) is 0. The van der Waals surface area contributed by atoms with Gasteiger partial charge in [0, 0.05) is 0 Å². The molecule has 0 saturated heterocycles. The summed E-state index contributed by atoms with van der Waals surface area (Å²) >= 11 is 0. The van der Waals surface area contributed by atoms with Crippen LogP contribution in [0.1, 0.15) is 19.4 Å². The van der Waals surface area contributed by atoms with Gasteiger partial charge in [0.05, 0.1) is 12.3 Å². The molecule has 1 aromatic carbocycles. The summed E-state index contributed by atoms with van der Waals surface area (Å²) < 4.78 is 12.1. The van der Waals surface area contributed by atoms with E-state index in [9.17, 15) is 4.79 Å². The van der Waals surface area contributed by atoms with E-state index in [1.54, 1.807) is 24.1 Å². The second-order valence-corrected chi connectivity index (χ2v) is 4.12. The van der Waals surface area contributed by atoms with Crippen LogP contribution in [0, 0.1) is 0 Å². The molecule has 20 heavy (non-hydrogen) atoms. The number of hydrogen-bond donors (Lipinski definition) is 0. The second-order valence-electron chi connectivity index (χ2n) is 4.12. The third-order valence-corrected chi connectivity index (χ3v) is 2.78. The third kappa shape index (κ3) is 3.34. The molecule has 0 saturated carbocycles. The molecule has 0 radical (unpaired) electrons. The van der Waals surface area contributed by atoms with Crippen molar-refractivity contribution in [3.8, 4) is 11.4 Å². The van der Waals surface area contributed by atoms with Gasteiger partial charge in [0.1, 0.15) is 18.4 Å². The van der Waals surface area contributed by atoms with Gasteiger partial charge in [-0.05, 0) is 31.0 Å². The van der Waals surface area contributed by atoms with Gasteiger partial charge in [-0.25, -0.2) is 4.79 Å². The minimum absolute atomic E-state index is 0.117. The predicted molar refractivity (Wildman–Crippen MR) is 72.9 cm³/mol. The predicted octanol–water partition coefficient (Wildman–Crippen LogP) is 1.77. The lowest BCUT2D eigenvalue weighted by atomic mass is 10.1. The van der Waals surface area contributed by atoms with Crippen LogP contribution in [0.15, 0.2) is 30.9 Å².